The standard InChI is InChI=1S/C18H18FN5O3/c19-13-3-1-12(2-4-13)11-24-18(26)23-10-8-14(5-6-16(23)22-24)21-17(25)15-7-9-20-27-15/h1-4,7,9,14H,5-6,8,10-11H2,(H,21,25). The zero-order valence-corrected chi connectivity index (χ0v) is 14.5. The molecule has 4 rings (SSSR count). The van der Waals surface area contributed by atoms with Crippen molar-refractivity contribution in [2.24, 2.45) is 0 Å². The van der Waals surface area contributed by atoms with Crippen molar-refractivity contribution in [3.8, 4) is 0 Å². The molecule has 140 valence electrons. The van der Waals surface area contributed by atoms with Crippen LogP contribution in [0.4, 0.5) is 4.39 Å². The number of aryl methyl sites for hydroxylation is 1. The van der Waals surface area contributed by atoms with Gasteiger partial charge in [0.2, 0.25) is 5.76 Å². The molecule has 27 heavy (non-hydrogen) atoms. The van der Waals surface area contributed by atoms with Crippen molar-refractivity contribution in [2.45, 2.75) is 38.4 Å². The van der Waals surface area contributed by atoms with Crippen LogP contribution in [-0.2, 0) is 19.5 Å². The smallest absolute Gasteiger partial charge is 0.346 e. The van der Waals surface area contributed by atoms with Crippen LogP contribution in [0.2, 0.25) is 0 Å². The second kappa shape index (κ2) is 7.18. The lowest BCUT2D eigenvalue weighted by Crippen LogP contribution is -2.35. The summed E-state index contributed by atoms with van der Waals surface area (Å²) in [7, 11) is 0. The molecule has 1 amide bonds. The highest BCUT2D eigenvalue weighted by Crippen LogP contribution is 2.13. The average Bonchev–Trinajstić information content (AvgIpc) is 3.24. The van der Waals surface area contributed by atoms with Crippen molar-refractivity contribution >= 4 is 5.91 Å². The number of carbonyl (C=O) groups is 1. The Bertz CT molecular complexity index is 991. The fourth-order valence-electron chi connectivity index (χ4n) is 3.23. The van der Waals surface area contributed by atoms with Crippen LogP contribution in [0.15, 0.2) is 45.8 Å². The van der Waals surface area contributed by atoms with Crippen LogP contribution >= 0.6 is 0 Å². The maximum absolute atomic E-state index is 13.0. The molecule has 0 aliphatic carbocycles. The molecule has 1 N–H and O–H groups in total. The van der Waals surface area contributed by atoms with E-state index in [0.29, 0.717) is 38.2 Å². The minimum atomic E-state index is -0.315. The Labute approximate surface area is 153 Å². The minimum Gasteiger partial charge on any atom is -0.351 e. The molecule has 0 radical (unpaired) electrons. The van der Waals surface area contributed by atoms with Crippen molar-refractivity contribution in [1.82, 2.24) is 24.8 Å². The van der Waals surface area contributed by atoms with E-state index in [1.165, 1.54) is 29.1 Å². The SMILES string of the molecule is O=C(NC1CCc2nn(Cc3ccc(F)cc3)c(=O)n2CC1)c1ccno1. The largest absolute Gasteiger partial charge is 0.351 e. The molecule has 3 heterocycles. The number of carbonyl (C=O) groups excluding carboxylic acids is 1. The van der Waals surface area contributed by atoms with Gasteiger partial charge in [0.1, 0.15) is 11.6 Å². The molecule has 1 atom stereocenters. The second-order valence-electron chi connectivity index (χ2n) is 6.51. The van der Waals surface area contributed by atoms with Crippen molar-refractivity contribution in [3.63, 3.8) is 0 Å². The van der Waals surface area contributed by atoms with Gasteiger partial charge in [0.05, 0.1) is 12.7 Å². The van der Waals surface area contributed by atoms with Gasteiger partial charge in [-0.15, -0.1) is 0 Å². The Morgan fingerprint density at radius 2 is 2.07 bits per heavy atom. The molecule has 0 spiro atoms. The van der Waals surface area contributed by atoms with Gasteiger partial charge in [-0.2, -0.15) is 5.10 Å². The minimum absolute atomic E-state index is 0.0748. The Hall–Kier alpha value is -3.23. The lowest BCUT2D eigenvalue weighted by molar-refractivity contribution is 0.0895. The monoisotopic (exact) mass is 371 g/mol. The summed E-state index contributed by atoms with van der Waals surface area (Å²) in [5, 5.41) is 10.9. The highest BCUT2D eigenvalue weighted by atomic mass is 19.1. The molecule has 1 aliphatic heterocycles. The molecule has 0 bridgehead atoms. The van der Waals surface area contributed by atoms with Crippen LogP contribution in [-0.4, -0.2) is 31.5 Å². The van der Waals surface area contributed by atoms with Crippen molar-refractivity contribution < 1.29 is 13.7 Å². The van der Waals surface area contributed by atoms with E-state index in [-0.39, 0.29) is 29.2 Å². The summed E-state index contributed by atoms with van der Waals surface area (Å²) in [6, 6.07) is 7.44. The molecule has 0 fully saturated rings. The van der Waals surface area contributed by atoms with Crippen LogP contribution in [0.1, 0.15) is 34.8 Å². The van der Waals surface area contributed by atoms with Gasteiger partial charge in [-0.1, -0.05) is 17.3 Å². The maximum Gasteiger partial charge on any atom is 0.346 e. The first-order chi connectivity index (χ1) is 13.1. The average molecular weight is 371 g/mol. The van der Waals surface area contributed by atoms with Crippen LogP contribution in [0, 0.1) is 5.82 Å². The van der Waals surface area contributed by atoms with Crippen molar-refractivity contribution in [1.29, 1.82) is 0 Å². The second-order valence-corrected chi connectivity index (χ2v) is 6.51. The summed E-state index contributed by atoms with van der Waals surface area (Å²) in [6.45, 7) is 0.768. The van der Waals surface area contributed by atoms with Gasteiger partial charge < -0.3 is 9.84 Å². The van der Waals surface area contributed by atoms with Gasteiger partial charge in [0.15, 0.2) is 0 Å². The molecule has 1 aliphatic rings. The fraction of sp³-hybridized carbons (Fsp3) is 0.333. The molecule has 0 saturated carbocycles. The molecule has 8 nitrogen and oxygen atoms in total. The Morgan fingerprint density at radius 3 is 2.81 bits per heavy atom. The van der Waals surface area contributed by atoms with E-state index >= 15 is 0 Å². The van der Waals surface area contributed by atoms with E-state index < -0.39 is 0 Å². The number of halogens is 1. The number of aromatic nitrogens is 4. The topological polar surface area (TPSA) is 95.0 Å². The number of fused-ring (bicyclic) bond motifs is 1. The summed E-state index contributed by atoms with van der Waals surface area (Å²) in [5.41, 5.74) is 0.612. The third-order valence-electron chi connectivity index (χ3n) is 4.66. The fourth-order valence-corrected chi connectivity index (χ4v) is 3.23. The van der Waals surface area contributed by atoms with E-state index in [1.807, 2.05) is 0 Å². The summed E-state index contributed by atoms with van der Waals surface area (Å²) in [6.07, 6.45) is 3.29. The maximum atomic E-state index is 13.0. The van der Waals surface area contributed by atoms with Gasteiger partial charge >= 0.3 is 5.69 Å². The first-order valence-electron chi connectivity index (χ1n) is 8.72. The molecule has 0 saturated heterocycles. The lowest BCUT2D eigenvalue weighted by atomic mass is 10.1. The molecule has 1 unspecified atom stereocenters. The van der Waals surface area contributed by atoms with E-state index in [9.17, 15) is 14.0 Å². The Kier molecular flexibility index (Phi) is 4.57. The van der Waals surface area contributed by atoms with Crippen LogP contribution < -0.4 is 11.0 Å². The van der Waals surface area contributed by atoms with Gasteiger partial charge in [-0.25, -0.2) is 13.9 Å². The molecular formula is C18H18FN5O3. The Balaban J connectivity index is 1.44. The summed E-state index contributed by atoms with van der Waals surface area (Å²) in [4.78, 5) is 24.7. The number of benzene rings is 1. The van der Waals surface area contributed by atoms with E-state index in [2.05, 4.69) is 15.6 Å². The Morgan fingerprint density at radius 1 is 1.26 bits per heavy atom. The van der Waals surface area contributed by atoms with E-state index in [4.69, 9.17) is 4.52 Å². The number of hydrogen-bond donors (Lipinski definition) is 1. The highest BCUT2D eigenvalue weighted by molar-refractivity contribution is 5.91. The molecule has 1 aromatic carbocycles. The number of hydrogen-bond acceptors (Lipinski definition) is 5. The van der Waals surface area contributed by atoms with Crippen molar-refractivity contribution in [2.75, 3.05) is 0 Å². The number of amides is 1. The lowest BCUT2D eigenvalue weighted by Gasteiger charge is -2.14. The third-order valence-corrected chi connectivity index (χ3v) is 4.66. The van der Waals surface area contributed by atoms with Gasteiger partial charge in [0.25, 0.3) is 5.91 Å². The van der Waals surface area contributed by atoms with E-state index in [0.717, 1.165) is 5.56 Å². The highest BCUT2D eigenvalue weighted by Gasteiger charge is 2.23. The third kappa shape index (κ3) is 3.67. The summed E-state index contributed by atoms with van der Waals surface area (Å²) < 4.78 is 20.9. The zero-order valence-electron chi connectivity index (χ0n) is 14.5. The molecular weight excluding hydrogens is 353 g/mol. The number of rotatable bonds is 4. The molecule has 3 aromatic rings. The van der Waals surface area contributed by atoms with Crippen LogP contribution in [0.3, 0.4) is 0 Å². The quantitative estimate of drug-likeness (QED) is 0.747. The first kappa shape index (κ1) is 17.2. The number of nitrogens with one attached hydrogen (secondary N) is 1. The predicted octanol–water partition coefficient (Wildman–Crippen LogP) is 1.36. The van der Waals surface area contributed by atoms with Gasteiger partial charge in [-0.05, 0) is 30.5 Å². The van der Waals surface area contributed by atoms with Crippen LogP contribution in [0.25, 0.3) is 0 Å². The summed E-state index contributed by atoms with van der Waals surface area (Å²) >= 11 is 0. The van der Waals surface area contributed by atoms with Gasteiger partial charge in [0, 0.05) is 25.1 Å². The zero-order chi connectivity index (χ0) is 18.8. The molecule has 2 aromatic heterocycles. The number of nitrogens with zero attached hydrogens (tertiary/aromatic N) is 4. The van der Waals surface area contributed by atoms with Gasteiger partial charge in [-0.3, -0.25) is 9.36 Å². The van der Waals surface area contributed by atoms with E-state index in [1.54, 1.807) is 16.7 Å². The molecule has 9 heteroatoms. The first-order valence-corrected chi connectivity index (χ1v) is 8.72. The van der Waals surface area contributed by atoms with Crippen molar-refractivity contribution in [3.05, 3.63) is 70.0 Å². The predicted molar refractivity (Wildman–Crippen MR) is 92.7 cm³/mol. The van der Waals surface area contributed by atoms with Crippen LogP contribution in [0.5, 0.6) is 0 Å². The summed E-state index contributed by atoms with van der Waals surface area (Å²) in [5.74, 6) is 0.230. The normalized spacial score (nSPS) is 16.6.